The predicted octanol–water partition coefficient (Wildman–Crippen LogP) is 0.817. The summed E-state index contributed by atoms with van der Waals surface area (Å²) in [6.45, 7) is 5.98. The summed E-state index contributed by atoms with van der Waals surface area (Å²) < 4.78 is 22.4. The van der Waals surface area contributed by atoms with Gasteiger partial charge in [0, 0.05) is 31.3 Å². The van der Waals surface area contributed by atoms with E-state index in [4.69, 9.17) is 5.73 Å². The van der Waals surface area contributed by atoms with Crippen molar-refractivity contribution in [3.8, 4) is 0 Å². The number of nitrogens with zero attached hydrogens (tertiary/aromatic N) is 1. The summed E-state index contributed by atoms with van der Waals surface area (Å²) in [4.78, 5) is 13.5. The molecule has 5 nitrogen and oxygen atoms in total. The zero-order valence-electron chi connectivity index (χ0n) is 11.5. The van der Waals surface area contributed by atoms with Gasteiger partial charge in [0.25, 0.3) is 0 Å². The molecule has 0 heterocycles. The maximum absolute atomic E-state index is 11.9. The molecular weight excluding hydrogens is 276 g/mol. The van der Waals surface area contributed by atoms with Crippen LogP contribution < -0.4 is 5.73 Å². The Balaban J connectivity index is 0. The van der Waals surface area contributed by atoms with Crippen molar-refractivity contribution < 1.29 is 13.2 Å². The van der Waals surface area contributed by atoms with Gasteiger partial charge >= 0.3 is 0 Å². The Bertz CT molecular complexity index is 344. The summed E-state index contributed by atoms with van der Waals surface area (Å²) >= 11 is 0. The van der Waals surface area contributed by atoms with Crippen LogP contribution in [0.15, 0.2) is 0 Å². The van der Waals surface area contributed by atoms with Gasteiger partial charge in [-0.25, -0.2) is 8.42 Å². The lowest BCUT2D eigenvalue weighted by Crippen LogP contribution is -2.42. The first-order valence-electron chi connectivity index (χ1n) is 5.90. The van der Waals surface area contributed by atoms with Gasteiger partial charge in [0.15, 0.2) is 0 Å². The highest BCUT2D eigenvalue weighted by Gasteiger charge is 2.21. The number of rotatable bonds is 7. The highest BCUT2D eigenvalue weighted by Crippen LogP contribution is 2.07. The third-order valence-electron chi connectivity index (χ3n) is 2.55. The lowest BCUT2D eigenvalue weighted by atomic mass is 10.1. The van der Waals surface area contributed by atoms with Gasteiger partial charge in [0.05, 0.1) is 5.75 Å². The molecule has 0 bridgehead atoms. The highest BCUT2D eigenvalue weighted by atomic mass is 35.5. The van der Waals surface area contributed by atoms with Crippen molar-refractivity contribution in [1.29, 1.82) is 0 Å². The number of sulfone groups is 1. The van der Waals surface area contributed by atoms with Crippen molar-refractivity contribution in [2.45, 2.75) is 45.7 Å². The number of amides is 1. The maximum Gasteiger partial charge on any atom is 0.222 e. The van der Waals surface area contributed by atoms with E-state index >= 15 is 0 Å². The largest absolute Gasteiger partial charge is 0.339 e. The van der Waals surface area contributed by atoms with Crippen LogP contribution in [-0.4, -0.2) is 49.9 Å². The van der Waals surface area contributed by atoms with Crippen molar-refractivity contribution in [2.75, 3.05) is 18.6 Å². The normalized spacial score (nSPS) is 14.5. The van der Waals surface area contributed by atoms with Crippen LogP contribution in [0, 0.1) is 0 Å². The topological polar surface area (TPSA) is 80.5 Å². The maximum atomic E-state index is 11.9. The second kappa shape index (κ2) is 8.72. The quantitative estimate of drug-likeness (QED) is 0.755. The van der Waals surface area contributed by atoms with Gasteiger partial charge in [-0.15, -0.1) is 12.4 Å². The molecule has 0 aromatic rings. The molecule has 2 N–H and O–H groups in total. The molecule has 0 aliphatic heterocycles. The first-order valence-corrected chi connectivity index (χ1v) is 7.96. The summed E-state index contributed by atoms with van der Waals surface area (Å²) in [6.07, 6.45) is 2.18. The Morgan fingerprint density at radius 1 is 1.33 bits per heavy atom. The Kier molecular flexibility index (Phi) is 9.68. The Hall–Kier alpha value is -0.330. The Morgan fingerprint density at radius 3 is 2.17 bits per heavy atom. The molecule has 0 saturated carbocycles. The molecule has 2 unspecified atom stereocenters. The fourth-order valence-electron chi connectivity index (χ4n) is 1.76. The molecule has 110 valence electrons. The van der Waals surface area contributed by atoms with Crippen molar-refractivity contribution in [3.63, 3.8) is 0 Å². The van der Waals surface area contributed by atoms with Crippen LogP contribution in [0.3, 0.4) is 0 Å². The van der Waals surface area contributed by atoms with Gasteiger partial charge in [0.1, 0.15) is 9.84 Å². The van der Waals surface area contributed by atoms with E-state index in [0.717, 1.165) is 0 Å². The monoisotopic (exact) mass is 300 g/mol. The Morgan fingerprint density at radius 2 is 1.83 bits per heavy atom. The number of carbonyl (C=O) groups excluding carboxylic acids is 1. The number of carbonyl (C=O) groups is 1. The van der Waals surface area contributed by atoms with Crippen molar-refractivity contribution >= 4 is 28.2 Å². The number of nitrogens with two attached hydrogens (primary N) is 1. The standard InChI is InChI=1S/C11H24N2O3S.ClH/c1-5-13(10(3)8-17(4,15)16)11(14)7-6-9(2)12;/h9-10H,5-8,12H2,1-4H3;1H. The lowest BCUT2D eigenvalue weighted by Gasteiger charge is -2.27. The molecule has 0 aliphatic rings. The van der Waals surface area contributed by atoms with E-state index in [0.29, 0.717) is 19.4 Å². The molecule has 2 atom stereocenters. The average molecular weight is 301 g/mol. The van der Waals surface area contributed by atoms with E-state index < -0.39 is 9.84 Å². The summed E-state index contributed by atoms with van der Waals surface area (Å²) in [6, 6.07) is -0.293. The average Bonchev–Trinajstić information content (AvgIpc) is 2.12. The van der Waals surface area contributed by atoms with Gasteiger partial charge in [0.2, 0.25) is 5.91 Å². The van der Waals surface area contributed by atoms with Crippen LogP contribution in [0.2, 0.25) is 0 Å². The van der Waals surface area contributed by atoms with Gasteiger partial charge in [-0.1, -0.05) is 0 Å². The predicted molar refractivity (Wildman–Crippen MR) is 76.7 cm³/mol. The van der Waals surface area contributed by atoms with Crippen LogP contribution in [0.1, 0.15) is 33.6 Å². The van der Waals surface area contributed by atoms with Crippen LogP contribution in [0.25, 0.3) is 0 Å². The molecule has 0 aromatic carbocycles. The van der Waals surface area contributed by atoms with Crippen LogP contribution in [0.5, 0.6) is 0 Å². The molecular formula is C11H25ClN2O3S. The third kappa shape index (κ3) is 8.72. The molecule has 0 rings (SSSR count). The van der Waals surface area contributed by atoms with E-state index in [2.05, 4.69) is 0 Å². The van der Waals surface area contributed by atoms with E-state index in [1.54, 1.807) is 11.8 Å². The second-order valence-electron chi connectivity index (χ2n) is 4.64. The first-order chi connectivity index (χ1) is 7.67. The summed E-state index contributed by atoms with van der Waals surface area (Å²) in [5.41, 5.74) is 5.59. The third-order valence-corrected chi connectivity index (χ3v) is 3.64. The zero-order chi connectivity index (χ0) is 13.6. The van der Waals surface area contributed by atoms with Crippen LogP contribution in [0.4, 0.5) is 0 Å². The van der Waals surface area contributed by atoms with E-state index in [-0.39, 0.29) is 36.2 Å². The van der Waals surface area contributed by atoms with E-state index in [1.165, 1.54) is 6.26 Å². The minimum Gasteiger partial charge on any atom is -0.339 e. The SMILES string of the molecule is CCN(C(=O)CCC(C)N)C(C)CS(C)(=O)=O.Cl. The minimum absolute atomic E-state index is 0. The molecule has 1 amide bonds. The van der Waals surface area contributed by atoms with Crippen molar-refractivity contribution in [1.82, 2.24) is 4.90 Å². The second-order valence-corrected chi connectivity index (χ2v) is 6.82. The highest BCUT2D eigenvalue weighted by molar-refractivity contribution is 7.90. The van der Waals surface area contributed by atoms with Crippen molar-refractivity contribution in [2.24, 2.45) is 5.73 Å². The summed E-state index contributed by atoms with van der Waals surface area (Å²) in [5, 5.41) is 0. The van der Waals surface area contributed by atoms with Gasteiger partial charge in [-0.3, -0.25) is 4.79 Å². The molecule has 0 spiro atoms. The Labute approximate surface area is 116 Å². The fraction of sp³-hybridized carbons (Fsp3) is 0.909. The van der Waals surface area contributed by atoms with Crippen molar-refractivity contribution in [3.05, 3.63) is 0 Å². The van der Waals surface area contributed by atoms with Crippen LogP contribution >= 0.6 is 12.4 Å². The number of halogens is 1. The number of hydrogen-bond acceptors (Lipinski definition) is 4. The summed E-state index contributed by atoms with van der Waals surface area (Å²) in [5.74, 6) is -0.0222. The summed E-state index contributed by atoms with van der Waals surface area (Å²) in [7, 11) is -3.06. The van der Waals surface area contributed by atoms with Gasteiger partial charge in [-0.2, -0.15) is 0 Å². The zero-order valence-corrected chi connectivity index (χ0v) is 13.2. The molecule has 0 fully saturated rings. The fourth-order valence-corrected chi connectivity index (χ4v) is 2.81. The van der Waals surface area contributed by atoms with E-state index in [9.17, 15) is 13.2 Å². The molecule has 18 heavy (non-hydrogen) atoms. The molecule has 7 heteroatoms. The van der Waals surface area contributed by atoms with Gasteiger partial charge < -0.3 is 10.6 Å². The molecule has 0 aromatic heterocycles. The minimum atomic E-state index is -3.06. The molecule has 0 saturated heterocycles. The van der Waals surface area contributed by atoms with Crippen LogP contribution in [-0.2, 0) is 14.6 Å². The molecule has 0 radical (unpaired) electrons. The van der Waals surface area contributed by atoms with E-state index in [1.807, 2.05) is 13.8 Å². The first kappa shape index (κ1) is 20.0. The van der Waals surface area contributed by atoms with Gasteiger partial charge in [-0.05, 0) is 27.2 Å². The smallest absolute Gasteiger partial charge is 0.222 e. The molecule has 0 aliphatic carbocycles. The lowest BCUT2D eigenvalue weighted by molar-refractivity contribution is -0.132. The number of hydrogen-bond donors (Lipinski definition) is 1.